The second-order valence-corrected chi connectivity index (χ2v) is 12.8. The molecule has 3 rings (SSSR count). The van der Waals surface area contributed by atoms with E-state index in [4.69, 9.17) is 16.3 Å². The van der Waals surface area contributed by atoms with Crippen LogP contribution in [-0.4, -0.2) is 41.8 Å². The molecule has 1 heterocycles. The molecule has 1 aliphatic rings. The highest BCUT2D eigenvalue weighted by atomic mass is 79.9. The highest BCUT2D eigenvalue weighted by Gasteiger charge is 2.40. The zero-order valence-corrected chi connectivity index (χ0v) is 25.6. The Bertz CT molecular complexity index is 1150. The van der Waals surface area contributed by atoms with Crippen LogP contribution in [0.3, 0.4) is 0 Å². The monoisotopic (exact) mass is 590 g/mol. The number of rotatable bonds is 7. The summed E-state index contributed by atoms with van der Waals surface area (Å²) in [6, 6.07) is 9.59. The number of methoxy groups -OCH3 is 1. The van der Waals surface area contributed by atoms with Crippen LogP contribution in [0.25, 0.3) is 0 Å². The molecule has 0 spiro atoms. The largest absolute Gasteiger partial charge is 0.507 e. The number of phenolic OH excluding ortho intramolecular Hbond substituents is 1. The van der Waals surface area contributed by atoms with Gasteiger partial charge in [-0.05, 0) is 53.0 Å². The van der Waals surface area contributed by atoms with Gasteiger partial charge in [0.1, 0.15) is 17.3 Å². The van der Waals surface area contributed by atoms with Gasteiger partial charge in [-0.15, -0.1) is 0 Å². The number of hydrogen-bond donors (Lipinski definition) is 1. The van der Waals surface area contributed by atoms with E-state index in [0.29, 0.717) is 22.3 Å². The molecule has 2 aromatic rings. The van der Waals surface area contributed by atoms with Crippen LogP contribution in [0.2, 0.25) is 5.02 Å². The maximum atomic E-state index is 13.7. The zero-order chi connectivity index (χ0) is 27.7. The van der Waals surface area contributed by atoms with Crippen LogP contribution >= 0.6 is 27.7 Å². The number of ether oxygens (including phenoxy) is 1. The van der Waals surface area contributed by atoms with Crippen LogP contribution in [0.15, 0.2) is 34.4 Å². The molecular formula is C30H40BrClN2O3. The number of aromatic hydroxyl groups is 1. The van der Waals surface area contributed by atoms with Crippen LogP contribution in [0.5, 0.6) is 11.5 Å². The van der Waals surface area contributed by atoms with E-state index in [-0.39, 0.29) is 34.8 Å². The third kappa shape index (κ3) is 6.34. The Morgan fingerprint density at radius 3 is 2.19 bits per heavy atom. The number of ketones is 1. The smallest absolute Gasteiger partial charge is 0.182 e. The summed E-state index contributed by atoms with van der Waals surface area (Å²) in [5, 5.41) is 11.6. The quantitative estimate of drug-likeness (QED) is 0.331. The predicted molar refractivity (Wildman–Crippen MR) is 157 cm³/mol. The predicted octanol–water partition coefficient (Wildman–Crippen LogP) is 8.06. The summed E-state index contributed by atoms with van der Waals surface area (Å²) in [6.07, 6.45) is 2.04. The minimum absolute atomic E-state index is 0.00770. The maximum Gasteiger partial charge on any atom is 0.182 e. The summed E-state index contributed by atoms with van der Waals surface area (Å²) in [7, 11) is 1.61. The number of likely N-dealkylation sites (tertiary alicyclic amines) is 1. The van der Waals surface area contributed by atoms with Crippen molar-refractivity contribution in [2.45, 2.75) is 78.1 Å². The van der Waals surface area contributed by atoms with Gasteiger partial charge in [-0.1, -0.05) is 72.6 Å². The second-order valence-electron chi connectivity index (χ2n) is 12.1. The van der Waals surface area contributed by atoms with Crippen molar-refractivity contribution in [3.8, 4) is 11.5 Å². The average Bonchev–Trinajstić information content (AvgIpc) is 3.14. The summed E-state index contributed by atoms with van der Waals surface area (Å²) in [4.78, 5) is 15.8. The Kier molecular flexibility index (Phi) is 9.06. The van der Waals surface area contributed by atoms with Gasteiger partial charge in [0.05, 0.1) is 34.8 Å². The Morgan fingerprint density at radius 1 is 1.14 bits per heavy atom. The minimum atomic E-state index is -0.304. The molecule has 0 aromatic heterocycles. The molecule has 0 radical (unpaired) electrons. The van der Waals surface area contributed by atoms with E-state index in [0.717, 1.165) is 41.9 Å². The summed E-state index contributed by atoms with van der Waals surface area (Å²) in [5.41, 5.74) is 2.64. The third-order valence-electron chi connectivity index (χ3n) is 7.19. The van der Waals surface area contributed by atoms with E-state index < -0.39 is 0 Å². The average molecular weight is 592 g/mol. The topological polar surface area (TPSA) is 62.1 Å². The summed E-state index contributed by atoms with van der Waals surface area (Å²) < 4.78 is 9.84. The second kappa shape index (κ2) is 11.4. The number of halogens is 2. The highest BCUT2D eigenvalue weighted by Crippen LogP contribution is 2.42. The van der Waals surface area contributed by atoms with E-state index in [1.807, 2.05) is 30.3 Å². The first-order chi connectivity index (χ1) is 17.2. The first-order valence-electron chi connectivity index (χ1n) is 12.9. The molecule has 0 aliphatic carbocycles. The van der Waals surface area contributed by atoms with Crippen molar-refractivity contribution in [1.29, 1.82) is 0 Å². The first-order valence-corrected chi connectivity index (χ1v) is 14.0. The Balaban J connectivity index is 1.99. The lowest BCUT2D eigenvalue weighted by Crippen LogP contribution is -2.32. The van der Waals surface area contributed by atoms with Gasteiger partial charge in [0.2, 0.25) is 0 Å². The van der Waals surface area contributed by atoms with Gasteiger partial charge in [-0.25, -0.2) is 0 Å². The number of amidine groups is 1. The van der Waals surface area contributed by atoms with E-state index in [9.17, 15) is 9.90 Å². The lowest BCUT2D eigenvalue weighted by atomic mass is 9.78. The van der Waals surface area contributed by atoms with Crippen molar-refractivity contribution in [3.63, 3.8) is 0 Å². The van der Waals surface area contributed by atoms with Gasteiger partial charge >= 0.3 is 0 Å². The van der Waals surface area contributed by atoms with Gasteiger partial charge in [-0.2, -0.15) is 4.02 Å². The molecule has 1 aliphatic heterocycles. The number of phenols is 1. The number of nitrogens with zero attached hydrogens (tertiary/aromatic N) is 2. The molecule has 37 heavy (non-hydrogen) atoms. The molecular weight excluding hydrogens is 552 g/mol. The maximum absolute atomic E-state index is 13.7. The van der Waals surface area contributed by atoms with Crippen molar-refractivity contribution in [2.24, 2.45) is 9.94 Å². The van der Waals surface area contributed by atoms with E-state index in [1.54, 1.807) is 7.11 Å². The molecule has 0 amide bonds. The fraction of sp³-hybridized carbons (Fsp3) is 0.533. The minimum Gasteiger partial charge on any atom is -0.507 e. The molecule has 1 fully saturated rings. The Morgan fingerprint density at radius 2 is 1.73 bits per heavy atom. The molecule has 202 valence electrons. The Labute approximate surface area is 235 Å². The summed E-state index contributed by atoms with van der Waals surface area (Å²) in [5.74, 6) is 2.07. The van der Waals surface area contributed by atoms with Crippen LogP contribution in [0.4, 0.5) is 0 Å². The third-order valence-corrected chi connectivity index (χ3v) is 7.85. The molecule has 0 saturated carbocycles. The van der Waals surface area contributed by atoms with E-state index in [2.05, 4.69) is 73.5 Å². The SMILES string of the molecule is CCC[C@H]1CN(CC(=O)c2cc(C(C)(C)C)c(O)c(C(C)(C)C)c2)/C(=N\Br)[C@@H]1c1ccc(OC)c(Cl)c1. The first kappa shape index (κ1) is 29.5. The number of carbonyl (C=O) groups is 1. The molecule has 2 atom stereocenters. The van der Waals surface area contributed by atoms with E-state index >= 15 is 0 Å². The van der Waals surface area contributed by atoms with Gasteiger partial charge in [0.25, 0.3) is 0 Å². The molecule has 0 unspecified atom stereocenters. The van der Waals surface area contributed by atoms with Crippen molar-refractivity contribution in [3.05, 3.63) is 57.6 Å². The van der Waals surface area contributed by atoms with Gasteiger partial charge in [-0.3, -0.25) is 4.79 Å². The Hall–Kier alpha value is -2.05. The fourth-order valence-electron chi connectivity index (χ4n) is 5.27. The van der Waals surface area contributed by atoms with Gasteiger partial charge in [0, 0.05) is 29.2 Å². The van der Waals surface area contributed by atoms with Crippen LogP contribution < -0.4 is 4.74 Å². The van der Waals surface area contributed by atoms with Crippen LogP contribution in [0, 0.1) is 5.92 Å². The van der Waals surface area contributed by atoms with Crippen molar-refractivity contribution >= 4 is 39.4 Å². The van der Waals surface area contributed by atoms with Crippen molar-refractivity contribution in [1.82, 2.24) is 4.90 Å². The molecule has 1 N–H and O–H groups in total. The lowest BCUT2D eigenvalue weighted by Gasteiger charge is -2.28. The standard InChI is InChI=1S/C30H40BrClN2O3/c1-9-10-19-16-34(28(33-31)26(19)18-11-12-25(37-8)23(32)15-18)17-24(35)20-13-21(29(2,3)4)27(36)22(14-20)30(5,6)7/h11-15,19,26,36H,9-10,16-17H2,1-8H3/b33-28-/t19-,26+/m0/s1. The van der Waals surface area contributed by atoms with E-state index in [1.165, 1.54) is 0 Å². The zero-order valence-electron chi connectivity index (χ0n) is 23.3. The molecule has 5 nitrogen and oxygen atoms in total. The molecule has 2 aromatic carbocycles. The summed E-state index contributed by atoms with van der Waals surface area (Å²) in [6.45, 7) is 15.4. The van der Waals surface area contributed by atoms with Gasteiger partial charge in [0.15, 0.2) is 5.78 Å². The number of hydrogen-bond acceptors (Lipinski definition) is 4. The number of benzene rings is 2. The number of Topliss-reactive ketones (excluding diaryl/α,β-unsaturated/α-hetero) is 1. The fourth-order valence-corrected chi connectivity index (χ4v) is 5.98. The van der Waals surface area contributed by atoms with Crippen LogP contribution in [-0.2, 0) is 10.8 Å². The molecule has 0 bridgehead atoms. The highest BCUT2D eigenvalue weighted by molar-refractivity contribution is 9.08. The van der Waals surface area contributed by atoms with Crippen LogP contribution in [0.1, 0.15) is 94.3 Å². The summed E-state index contributed by atoms with van der Waals surface area (Å²) >= 11 is 9.83. The molecule has 1 saturated heterocycles. The molecule has 7 heteroatoms. The normalized spacial score (nSPS) is 19.5. The lowest BCUT2D eigenvalue weighted by molar-refractivity contribution is 0.0963. The van der Waals surface area contributed by atoms with Crippen molar-refractivity contribution < 1.29 is 14.6 Å². The van der Waals surface area contributed by atoms with Crippen molar-refractivity contribution in [2.75, 3.05) is 20.2 Å². The van der Waals surface area contributed by atoms with Gasteiger partial charge < -0.3 is 14.7 Å². The number of carbonyl (C=O) groups excluding carboxylic acids is 1.